The van der Waals surface area contributed by atoms with E-state index in [4.69, 9.17) is 5.73 Å². The number of aromatic nitrogens is 4. The van der Waals surface area contributed by atoms with Gasteiger partial charge in [0.15, 0.2) is 5.65 Å². The van der Waals surface area contributed by atoms with Gasteiger partial charge in [-0.1, -0.05) is 0 Å². The summed E-state index contributed by atoms with van der Waals surface area (Å²) in [4.78, 5) is 8.51. The number of nitrogens with two attached hydrogens (primary N) is 1. The lowest BCUT2D eigenvalue weighted by Crippen LogP contribution is -1.95. The molecule has 5 nitrogen and oxygen atoms in total. The molecular formula is C13H13N5. The van der Waals surface area contributed by atoms with Crippen LogP contribution < -0.4 is 5.73 Å². The molecule has 3 heterocycles. The minimum Gasteiger partial charge on any atom is -0.398 e. The SMILES string of the molecule is Cc1cnc2c(c(-c3cccnc3)nn2C)c1N. The normalized spacial score (nSPS) is 11.0. The van der Waals surface area contributed by atoms with Crippen LogP contribution in [0.5, 0.6) is 0 Å². The molecular weight excluding hydrogens is 226 g/mol. The quantitative estimate of drug-likeness (QED) is 0.704. The first-order valence-electron chi connectivity index (χ1n) is 5.66. The Balaban J connectivity index is 2.41. The van der Waals surface area contributed by atoms with E-state index in [2.05, 4.69) is 15.1 Å². The van der Waals surface area contributed by atoms with E-state index >= 15 is 0 Å². The average molecular weight is 239 g/mol. The molecule has 18 heavy (non-hydrogen) atoms. The number of hydrogen-bond acceptors (Lipinski definition) is 4. The third-order valence-electron chi connectivity index (χ3n) is 3.03. The van der Waals surface area contributed by atoms with Crippen molar-refractivity contribution in [1.82, 2.24) is 19.7 Å². The zero-order valence-electron chi connectivity index (χ0n) is 10.3. The maximum Gasteiger partial charge on any atom is 0.160 e. The van der Waals surface area contributed by atoms with Crippen LogP contribution in [0, 0.1) is 6.92 Å². The molecule has 0 spiro atoms. The second-order valence-corrected chi connectivity index (χ2v) is 4.27. The number of nitrogens with zero attached hydrogens (tertiary/aromatic N) is 4. The smallest absolute Gasteiger partial charge is 0.160 e. The summed E-state index contributed by atoms with van der Waals surface area (Å²) in [5.74, 6) is 0. The number of fused-ring (bicyclic) bond motifs is 1. The Morgan fingerprint density at radius 2 is 2.11 bits per heavy atom. The Morgan fingerprint density at radius 3 is 2.83 bits per heavy atom. The molecule has 0 radical (unpaired) electrons. The molecule has 3 aromatic heterocycles. The molecule has 0 unspecified atom stereocenters. The zero-order chi connectivity index (χ0) is 12.7. The van der Waals surface area contributed by atoms with Crippen LogP contribution in [-0.4, -0.2) is 19.7 Å². The minimum atomic E-state index is 0.729. The highest BCUT2D eigenvalue weighted by molar-refractivity contribution is 6.00. The lowest BCUT2D eigenvalue weighted by molar-refractivity contribution is 0.789. The Hall–Kier alpha value is -2.43. The van der Waals surface area contributed by atoms with Gasteiger partial charge in [0, 0.05) is 36.9 Å². The summed E-state index contributed by atoms with van der Waals surface area (Å²) in [6.45, 7) is 1.95. The molecule has 0 fully saturated rings. The first-order valence-corrected chi connectivity index (χ1v) is 5.66. The number of anilines is 1. The van der Waals surface area contributed by atoms with E-state index in [0.717, 1.165) is 33.5 Å². The predicted octanol–water partition coefficient (Wildman–Crippen LogP) is 1.92. The molecule has 0 bridgehead atoms. The first kappa shape index (κ1) is 10.7. The van der Waals surface area contributed by atoms with Gasteiger partial charge in [0.1, 0.15) is 5.69 Å². The van der Waals surface area contributed by atoms with Crippen molar-refractivity contribution in [2.24, 2.45) is 7.05 Å². The Bertz CT molecular complexity index is 715. The molecule has 0 atom stereocenters. The Morgan fingerprint density at radius 1 is 1.28 bits per heavy atom. The standard InChI is InChI=1S/C13H13N5/c1-8-6-16-13-10(11(8)14)12(17-18(13)2)9-4-3-5-15-7-9/h3-7H,1-2H3,(H2,14,16). The average Bonchev–Trinajstić information content (AvgIpc) is 2.73. The summed E-state index contributed by atoms with van der Waals surface area (Å²) in [6, 6.07) is 3.85. The van der Waals surface area contributed by atoms with Gasteiger partial charge in [-0.05, 0) is 24.6 Å². The summed E-state index contributed by atoms with van der Waals surface area (Å²) < 4.78 is 1.74. The first-order chi connectivity index (χ1) is 8.68. The van der Waals surface area contributed by atoms with Gasteiger partial charge in [-0.3, -0.25) is 4.98 Å². The molecule has 90 valence electrons. The Kier molecular flexibility index (Phi) is 2.26. The van der Waals surface area contributed by atoms with Crippen LogP contribution in [0.2, 0.25) is 0 Å². The highest BCUT2D eigenvalue weighted by atomic mass is 15.3. The van der Waals surface area contributed by atoms with Gasteiger partial charge in [0.2, 0.25) is 0 Å². The number of pyridine rings is 2. The van der Waals surface area contributed by atoms with Gasteiger partial charge in [0.05, 0.1) is 5.39 Å². The van der Waals surface area contributed by atoms with Gasteiger partial charge in [-0.25, -0.2) is 9.67 Å². The molecule has 0 amide bonds. The van der Waals surface area contributed by atoms with Crippen LogP contribution >= 0.6 is 0 Å². The fourth-order valence-electron chi connectivity index (χ4n) is 2.04. The monoisotopic (exact) mass is 239 g/mol. The van der Waals surface area contributed by atoms with Crippen molar-refractivity contribution in [3.05, 3.63) is 36.3 Å². The lowest BCUT2D eigenvalue weighted by Gasteiger charge is -2.02. The summed E-state index contributed by atoms with van der Waals surface area (Å²) in [5.41, 5.74) is 10.4. The summed E-state index contributed by atoms with van der Waals surface area (Å²) in [5, 5.41) is 5.39. The van der Waals surface area contributed by atoms with Crippen LogP contribution in [0.15, 0.2) is 30.7 Å². The van der Waals surface area contributed by atoms with Gasteiger partial charge in [-0.2, -0.15) is 5.10 Å². The second kappa shape index (κ2) is 3.80. The van der Waals surface area contributed by atoms with Crippen molar-refractivity contribution in [2.75, 3.05) is 5.73 Å². The molecule has 0 aliphatic carbocycles. The van der Waals surface area contributed by atoms with Crippen LogP contribution in [0.4, 0.5) is 5.69 Å². The molecule has 3 aromatic rings. The van der Waals surface area contributed by atoms with E-state index in [-0.39, 0.29) is 0 Å². The maximum absolute atomic E-state index is 6.16. The van der Waals surface area contributed by atoms with Crippen molar-refractivity contribution in [3.63, 3.8) is 0 Å². The number of aryl methyl sites for hydroxylation is 2. The topological polar surface area (TPSA) is 69.6 Å². The van der Waals surface area contributed by atoms with Crippen LogP contribution in [0.1, 0.15) is 5.56 Å². The highest BCUT2D eigenvalue weighted by Crippen LogP contribution is 2.31. The number of nitrogen functional groups attached to an aromatic ring is 1. The molecule has 0 aliphatic heterocycles. The summed E-state index contributed by atoms with van der Waals surface area (Å²) in [7, 11) is 1.87. The zero-order valence-corrected chi connectivity index (χ0v) is 10.3. The molecule has 0 aromatic carbocycles. The fraction of sp³-hybridized carbons (Fsp3) is 0.154. The Labute approximate surface area is 104 Å². The van der Waals surface area contributed by atoms with Gasteiger partial charge < -0.3 is 5.73 Å². The van der Waals surface area contributed by atoms with E-state index in [1.165, 1.54) is 0 Å². The van der Waals surface area contributed by atoms with E-state index in [1.54, 1.807) is 23.3 Å². The molecule has 3 rings (SSSR count). The van der Waals surface area contributed by atoms with E-state index in [9.17, 15) is 0 Å². The fourth-order valence-corrected chi connectivity index (χ4v) is 2.04. The lowest BCUT2D eigenvalue weighted by atomic mass is 10.1. The maximum atomic E-state index is 6.16. The summed E-state index contributed by atoms with van der Waals surface area (Å²) >= 11 is 0. The largest absolute Gasteiger partial charge is 0.398 e. The van der Waals surface area contributed by atoms with Crippen molar-refractivity contribution < 1.29 is 0 Å². The van der Waals surface area contributed by atoms with Crippen molar-refractivity contribution in [3.8, 4) is 11.3 Å². The molecule has 0 aliphatic rings. The third kappa shape index (κ3) is 1.44. The second-order valence-electron chi connectivity index (χ2n) is 4.27. The van der Waals surface area contributed by atoms with E-state index in [1.807, 2.05) is 26.1 Å². The van der Waals surface area contributed by atoms with Crippen LogP contribution in [0.3, 0.4) is 0 Å². The molecule has 5 heteroatoms. The van der Waals surface area contributed by atoms with Gasteiger partial charge in [-0.15, -0.1) is 0 Å². The van der Waals surface area contributed by atoms with E-state index in [0.29, 0.717) is 0 Å². The van der Waals surface area contributed by atoms with Crippen molar-refractivity contribution in [1.29, 1.82) is 0 Å². The predicted molar refractivity (Wildman–Crippen MR) is 70.9 cm³/mol. The van der Waals surface area contributed by atoms with Crippen LogP contribution in [-0.2, 0) is 7.05 Å². The number of rotatable bonds is 1. The molecule has 0 saturated heterocycles. The third-order valence-corrected chi connectivity index (χ3v) is 3.03. The van der Waals surface area contributed by atoms with Crippen LogP contribution in [0.25, 0.3) is 22.3 Å². The summed E-state index contributed by atoms with van der Waals surface area (Å²) in [6.07, 6.45) is 5.29. The van der Waals surface area contributed by atoms with Gasteiger partial charge >= 0.3 is 0 Å². The van der Waals surface area contributed by atoms with Crippen molar-refractivity contribution in [2.45, 2.75) is 6.92 Å². The molecule has 0 saturated carbocycles. The van der Waals surface area contributed by atoms with Crippen molar-refractivity contribution >= 4 is 16.7 Å². The molecule has 2 N–H and O–H groups in total. The minimum absolute atomic E-state index is 0.729. The van der Waals surface area contributed by atoms with E-state index < -0.39 is 0 Å². The highest BCUT2D eigenvalue weighted by Gasteiger charge is 2.15. The number of hydrogen-bond donors (Lipinski definition) is 1. The van der Waals surface area contributed by atoms with Gasteiger partial charge in [0.25, 0.3) is 0 Å².